The van der Waals surface area contributed by atoms with Crippen molar-refractivity contribution in [3.63, 3.8) is 0 Å². The molecule has 2 rings (SSSR count). The van der Waals surface area contributed by atoms with Crippen LogP contribution in [0.5, 0.6) is 0 Å². The summed E-state index contributed by atoms with van der Waals surface area (Å²) in [5, 5.41) is 2.98. The van der Waals surface area contributed by atoms with E-state index in [0.29, 0.717) is 12.2 Å². The van der Waals surface area contributed by atoms with Crippen molar-refractivity contribution in [3.8, 4) is 0 Å². The second kappa shape index (κ2) is 6.97. The first-order valence-electron chi connectivity index (χ1n) is 6.69. The lowest BCUT2D eigenvalue weighted by Gasteiger charge is -2.18. The van der Waals surface area contributed by atoms with E-state index in [1.54, 1.807) is 24.5 Å². The van der Waals surface area contributed by atoms with Crippen molar-refractivity contribution >= 4 is 33.2 Å². The minimum Gasteiger partial charge on any atom is -0.348 e. The van der Waals surface area contributed by atoms with Gasteiger partial charge in [0.25, 0.3) is 5.91 Å². The van der Waals surface area contributed by atoms with Crippen molar-refractivity contribution in [2.45, 2.75) is 6.54 Å². The van der Waals surface area contributed by atoms with Crippen LogP contribution in [0, 0.1) is 0 Å². The van der Waals surface area contributed by atoms with Crippen LogP contribution in [0.3, 0.4) is 0 Å². The molecular weight excluding hydrogens is 338 g/mol. The number of pyridine rings is 1. The molecule has 1 amide bonds. The lowest BCUT2D eigenvalue weighted by Crippen LogP contribution is -2.26. The Balaban J connectivity index is 2.20. The summed E-state index contributed by atoms with van der Waals surface area (Å²) in [5.74, 6) is -0.386. The fourth-order valence-corrected chi connectivity index (χ4v) is 2.55. The van der Waals surface area contributed by atoms with Crippen molar-refractivity contribution in [2.24, 2.45) is 0 Å². The summed E-state index contributed by atoms with van der Waals surface area (Å²) in [6, 6.07) is 8.10. The van der Waals surface area contributed by atoms with Gasteiger partial charge >= 0.3 is 0 Å². The molecule has 0 saturated carbocycles. The third kappa shape index (κ3) is 4.43. The molecule has 8 heteroatoms. The summed E-state index contributed by atoms with van der Waals surface area (Å²) in [4.78, 5) is 16.2. The molecule has 1 heterocycles. The van der Waals surface area contributed by atoms with E-state index >= 15 is 0 Å². The molecule has 1 aromatic carbocycles. The van der Waals surface area contributed by atoms with Gasteiger partial charge in [0.1, 0.15) is 0 Å². The summed E-state index contributed by atoms with van der Waals surface area (Å²) in [6.07, 6.45) is 4.38. The SMILES string of the molecule is CN(c1ccc(Cl)c(C(=O)NCc2cccnc2)c1)S(C)(=O)=O. The zero-order valence-corrected chi connectivity index (χ0v) is 14.2. The van der Waals surface area contributed by atoms with Gasteiger partial charge in [-0.3, -0.25) is 14.1 Å². The van der Waals surface area contributed by atoms with Crippen molar-refractivity contribution in [1.29, 1.82) is 0 Å². The first kappa shape index (κ1) is 17.2. The first-order valence-corrected chi connectivity index (χ1v) is 8.92. The van der Waals surface area contributed by atoms with Crippen LogP contribution >= 0.6 is 11.6 Å². The van der Waals surface area contributed by atoms with Gasteiger partial charge in [0.05, 0.1) is 22.5 Å². The Bertz CT molecular complexity index is 810. The minimum absolute atomic E-state index is 0.212. The van der Waals surface area contributed by atoms with Gasteiger partial charge in [-0.1, -0.05) is 17.7 Å². The Hall–Kier alpha value is -2.12. The van der Waals surface area contributed by atoms with E-state index < -0.39 is 10.0 Å². The van der Waals surface area contributed by atoms with Crippen molar-refractivity contribution in [1.82, 2.24) is 10.3 Å². The lowest BCUT2D eigenvalue weighted by atomic mass is 10.1. The van der Waals surface area contributed by atoms with E-state index in [1.165, 1.54) is 19.2 Å². The Labute approximate surface area is 140 Å². The highest BCUT2D eigenvalue weighted by atomic mass is 35.5. The second-order valence-electron chi connectivity index (χ2n) is 4.94. The van der Waals surface area contributed by atoms with Crippen LogP contribution in [0.1, 0.15) is 15.9 Å². The van der Waals surface area contributed by atoms with Crippen molar-refractivity contribution < 1.29 is 13.2 Å². The van der Waals surface area contributed by atoms with Gasteiger partial charge in [0.15, 0.2) is 0 Å². The molecule has 1 aromatic heterocycles. The number of anilines is 1. The van der Waals surface area contributed by atoms with Gasteiger partial charge in [-0.15, -0.1) is 0 Å². The summed E-state index contributed by atoms with van der Waals surface area (Å²) in [7, 11) is -2.00. The Morgan fingerprint density at radius 3 is 2.70 bits per heavy atom. The Morgan fingerprint density at radius 2 is 2.09 bits per heavy atom. The monoisotopic (exact) mass is 353 g/mol. The summed E-state index contributed by atoms with van der Waals surface area (Å²) in [6.45, 7) is 0.301. The van der Waals surface area contributed by atoms with E-state index in [-0.39, 0.29) is 16.5 Å². The van der Waals surface area contributed by atoms with E-state index in [0.717, 1.165) is 16.1 Å². The molecule has 0 saturated heterocycles. The quantitative estimate of drug-likeness (QED) is 0.892. The number of benzene rings is 1. The fourth-order valence-electron chi connectivity index (χ4n) is 1.85. The number of aromatic nitrogens is 1. The third-order valence-corrected chi connectivity index (χ3v) is 4.77. The molecule has 122 valence electrons. The Morgan fingerprint density at radius 1 is 1.35 bits per heavy atom. The van der Waals surface area contributed by atoms with Crippen LogP contribution in [-0.4, -0.2) is 32.6 Å². The van der Waals surface area contributed by atoms with Gasteiger partial charge in [0, 0.05) is 26.0 Å². The number of hydrogen-bond acceptors (Lipinski definition) is 4. The van der Waals surface area contributed by atoms with E-state index in [9.17, 15) is 13.2 Å². The number of nitrogens with one attached hydrogen (secondary N) is 1. The molecule has 1 N–H and O–H groups in total. The summed E-state index contributed by atoms with van der Waals surface area (Å²) >= 11 is 6.05. The molecule has 0 aliphatic carbocycles. The average molecular weight is 354 g/mol. The standard InChI is InChI=1S/C15H16ClN3O3S/c1-19(23(2,21)22)12-5-6-14(16)13(8-12)15(20)18-10-11-4-3-7-17-9-11/h3-9H,10H2,1-2H3,(H,18,20). The van der Waals surface area contributed by atoms with E-state index in [4.69, 9.17) is 11.6 Å². The predicted octanol–water partition coefficient (Wildman–Crippen LogP) is 2.06. The van der Waals surface area contributed by atoms with E-state index in [1.807, 2.05) is 6.07 Å². The van der Waals surface area contributed by atoms with Crippen LogP contribution in [0.25, 0.3) is 0 Å². The van der Waals surface area contributed by atoms with Crippen LogP contribution in [-0.2, 0) is 16.6 Å². The smallest absolute Gasteiger partial charge is 0.253 e. The molecule has 23 heavy (non-hydrogen) atoms. The fraction of sp³-hybridized carbons (Fsp3) is 0.200. The normalized spacial score (nSPS) is 11.1. The molecule has 0 bridgehead atoms. The molecule has 0 unspecified atom stereocenters. The average Bonchev–Trinajstić information content (AvgIpc) is 2.52. The van der Waals surface area contributed by atoms with Gasteiger partial charge < -0.3 is 5.32 Å². The molecule has 0 aliphatic rings. The van der Waals surface area contributed by atoms with E-state index in [2.05, 4.69) is 10.3 Å². The zero-order chi connectivity index (χ0) is 17.0. The topological polar surface area (TPSA) is 79.4 Å². The Kier molecular flexibility index (Phi) is 5.23. The second-order valence-corrected chi connectivity index (χ2v) is 7.36. The van der Waals surface area contributed by atoms with Crippen LogP contribution < -0.4 is 9.62 Å². The highest BCUT2D eigenvalue weighted by Crippen LogP contribution is 2.24. The van der Waals surface area contributed by atoms with Crippen LogP contribution in [0.2, 0.25) is 5.02 Å². The number of carbonyl (C=O) groups is 1. The molecule has 0 fully saturated rings. The molecule has 6 nitrogen and oxygen atoms in total. The number of sulfonamides is 1. The molecule has 2 aromatic rings. The first-order chi connectivity index (χ1) is 10.8. The van der Waals surface area contributed by atoms with Gasteiger partial charge in [-0.2, -0.15) is 0 Å². The zero-order valence-electron chi connectivity index (χ0n) is 12.7. The van der Waals surface area contributed by atoms with Crippen LogP contribution in [0.15, 0.2) is 42.7 Å². The van der Waals surface area contributed by atoms with Crippen molar-refractivity contribution in [3.05, 3.63) is 58.9 Å². The summed E-state index contributed by atoms with van der Waals surface area (Å²) < 4.78 is 24.3. The maximum Gasteiger partial charge on any atom is 0.253 e. The predicted molar refractivity (Wildman–Crippen MR) is 90.1 cm³/mol. The maximum atomic E-state index is 12.3. The number of rotatable bonds is 5. The van der Waals surface area contributed by atoms with Gasteiger partial charge in [-0.05, 0) is 29.8 Å². The molecule has 0 radical (unpaired) electrons. The summed E-state index contributed by atoms with van der Waals surface area (Å²) in [5.41, 5.74) is 1.42. The molecular formula is C15H16ClN3O3S. The van der Waals surface area contributed by atoms with Gasteiger partial charge in [0.2, 0.25) is 10.0 Å². The maximum absolute atomic E-state index is 12.3. The number of amides is 1. The largest absolute Gasteiger partial charge is 0.348 e. The lowest BCUT2D eigenvalue weighted by molar-refractivity contribution is 0.0951. The number of halogens is 1. The number of nitrogens with zero attached hydrogens (tertiary/aromatic N) is 2. The highest BCUT2D eigenvalue weighted by molar-refractivity contribution is 7.92. The molecule has 0 spiro atoms. The van der Waals surface area contributed by atoms with Crippen LogP contribution in [0.4, 0.5) is 5.69 Å². The van der Waals surface area contributed by atoms with Crippen molar-refractivity contribution in [2.75, 3.05) is 17.6 Å². The number of hydrogen-bond donors (Lipinski definition) is 1. The minimum atomic E-state index is -3.42. The third-order valence-electron chi connectivity index (χ3n) is 3.23. The number of carbonyl (C=O) groups excluding carboxylic acids is 1. The highest BCUT2D eigenvalue weighted by Gasteiger charge is 2.16. The molecule has 0 aliphatic heterocycles. The molecule has 0 atom stereocenters. The van der Waals surface area contributed by atoms with Gasteiger partial charge in [-0.25, -0.2) is 8.42 Å².